The molecule has 0 aromatic heterocycles. The number of alkyl halides is 3. The zero-order valence-corrected chi connectivity index (χ0v) is 22.6. The lowest BCUT2D eigenvalue weighted by atomic mass is 9.81. The van der Waals surface area contributed by atoms with Crippen LogP contribution in [0.4, 0.5) is 13.2 Å². The minimum Gasteiger partial charge on any atom is -0.404 e. The van der Waals surface area contributed by atoms with Gasteiger partial charge in [-0.15, -0.1) is 25.8 Å². The van der Waals surface area contributed by atoms with Gasteiger partial charge in [-0.3, -0.25) is 0 Å². The van der Waals surface area contributed by atoms with Gasteiger partial charge in [-0.1, -0.05) is 74.0 Å². The first-order valence-corrected chi connectivity index (χ1v) is 13.3. The average Bonchev–Trinajstić information content (AvgIpc) is 3.04. The normalized spacial score (nSPS) is 19.1. The van der Waals surface area contributed by atoms with Gasteiger partial charge in [-0.25, -0.2) is 0 Å². The first-order valence-electron chi connectivity index (χ1n) is 12.5. The minimum atomic E-state index is -4.72. The molecule has 0 amide bonds. The molecule has 1 fully saturated rings. The van der Waals surface area contributed by atoms with Crippen molar-refractivity contribution in [3.8, 4) is 5.75 Å². The molecule has 1 aliphatic carbocycles. The van der Waals surface area contributed by atoms with Crippen LogP contribution in [0.2, 0.25) is 5.02 Å². The summed E-state index contributed by atoms with van der Waals surface area (Å²) in [5.41, 5.74) is 12.0. The first-order chi connectivity index (χ1) is 17.7. The van der Waals surface area contributed by atoms with Gasteiger partial charge in [-0.2, -0.15) is 0 Å². The Hall–Kier alpha value is -2.19. The molecular formula is C29H33ClF3NO2S. The number of hydrogen-bond acceptors (Lipinski definition) is 4. The SMILES string of the molecule is CC.FC(F)(F)Oc1ccc(S)cc1Cl.NC1CCOC(C2c3ccccc3CCc3ccccc32)C1. The van der Waals surface area contributed by atoms with Crippen LogP contribution >= 0.6 is 24.2 Å². The molecule has 1 aliphatic heterocycles. The van der Waals surface area contributed by atoms with Gasteiger partial charge in [0.15, 0.2) is 0 Å². The van der Waals surface area contributed by atoms with Gasteiger partial charge in [0.2, 0.25) is 0 Å². The molecule has 3 aromatic carbocycles. The smallest absolute Gasteiger partial charge is 0.404 e. The monoisotopic (exact) mass is 551 g/mol. The molecule has 2 unspecified atom stereocenters. The van der Waals surface area contributed by atoms with E-state index in [0.717, 1.165) is 38.4 Å². The molecule has 1 saturated heterocycles. The summed E-state index contributed by atoms with van der Waals surface area (Å²) in [6.07, 6.45) is -0.365. The average molecular weight is 552 g/mol. The lowest BCUT2D eigenvalue weighted by Crippen LogP contribution is -2.38. The molecule has 2 atom stereocenters. The highest BCUT2D eigenvalue weighted by atomic mass is 35.5. The number of aryl methyl sites for hydroxylation is 2. The van der Waals surface area contributed by atoms with Crippen LogP contribution in [0.3, 0.4) is 0 Å². The van der Waals surface area contributed by atoms with E-state index in [2.05, 4.69) is 65.9 Å². The molecular weight excluding hydrogens is 519 g/mol. The Kier molecular flexibility index (Phi) is 10.8. The second kappa shape index (κ2) is 13.6. The quantitative estimate of drug-likeness (QED) is 0.317. The van der Waals surface area contributed by atoms with Crippen molar-refractivity contribution in [2.75, 3.05) is 6.61 Å². The molecule has 1 heterocycles. The summed E-state index contributed by atoms with van der Waals surface area (Å²) in [4.78, 5) is 0.472. The Morgan fingerprint density at radius 3 is 2.03 bits per heavy atom. The summed E-state index contributed by atoms with van der Waals surface area (Å²) in [6, 6.07) is 21.7. The second-order valence-electron chi connectivity index (χ2n) is 8.73. The standard InChI is InChI=1S/C20H23NO.C7H4ClF3OS.C2H6/c21-16-11-12-22-19(13-16)20-17-7-3-1-5-14(17)9-10-15-6-2-4-8-18(15)20;8-5-3-4(13)1-2-6(5)12-7(9,10)11;1-2/h1-8,16,19-20H,9-13,21H2;1-3,13H;1-2H3. The Balaban J connectivity index is 0.000000218. The molecule has 8 heteroatoms. The Labute approximate surface area is 227 Å². The van der Waals surface area contributed by atoms with Crippen molar-refractivity contribution < 1.29 is 22.6 Å². The predicted octanol–water partition coefficient (Wildman–Crippen LogP) is 7.98. The molecule has 200 valence electrons. The first kappa shape index (κ1) is 29.4. The van der Waals surface area contributed by atoms with Crippen molar-refractivity contribution in [2.45, 2.75) is 68.9 Å². The number of benzene rings is 3. The molecule has 0 radical (unpaired) electrons. The van der Waals surface area contributed by atoms with Crippen LogP contribution < -0.4 is 10.5 Å². The molecule has 5 rings (SSSR count). The van der Waals surface area contributed by atoms with Crippen molar-refractivity contribution in [3.05, 3.63) is 94.0 Å². The van der Waals surface area contributed by atoms with Crippen LogP contribution in [0, 0.1) is 0 Å². The van der Waals surface area contributed by atoms with Gasteiger partial charge in [0, 0.05) is 23.5 Å². The maximum absolute atomic E-state index is 11.7. The zero-order valence-electron chi connectivity index (χ0n) is 21.0. The lowest BCUT2D eigenvalue weighted by molar-refractivity contribution is -0.274. The summed E-state index contributed by atoms with van der Waals surface area (Å²) in [6.45, 7) is 4.78. The van der Waals surface area contributed by atoms with Crippen LogP contribution in [0.5, 0.6) is 5.75 Å². The highest BCUT2D eigenvalue weighted by Crippen LogP contribution is 2.40. The highest BCUT2D eigenvalue weighted by Gasteiger charge is 2.34. The third kappa shape index (κ3) is 8.14. The van der Waals surface area contributed by atoms with E-state index in [9.17, 15) is 13.2 Å². The topological polar surface area (TPSA) is 44.5 Å². The zero-order chi connectivity index (χ0) is 27.0. The number of nitrogens with two attached hydrogens (primary N) is 1. The Morgan fingerprint density at radius 1 is 0.946 bits per heavy atom. The molecule has 2 aliphatic rings. The molecule has 0 bridgehead atoms. The van der Waals surface area contributed by atoms with Crippen LogP contribution in [0.25, 0.3) is 0 Å². The third-order valence-electron chi connectivity index (χ3n) is 6.31. The molecule has 0 saturated carbocycles. The molecule has 3 nitrogen and oxygen atoms in total. The minimum absolute atomic E-state index is 0.121. The Bertz CT molecular complexity index is 1110. The van der Waals surface area contributed by atoms with Crippen molar-refractivity contribution >= 4 is 24.2 Å². The van der Waals surface area contributed by atoms with Gasteiger partial charge in [0.1, 0.15) is 5.75 Å². The van der Waals surface area contributed by atoms with Crippen LogP contribution in [-0.2, 0) is 17.6 Å². The van der Waals surface area contributed by atoms with Crippen molar-refractivity contribution in [2.24, 2.45) is 5.73 Å². The van der Waals surface area contributed by atoms with E-state index in [0.29, 0.717) is 10.8 Å². The van der Waals surface area contributed by atoms with Gasteiger partial charge >= 0.3 is 6.36 Å². The van der Waals surface area contributed by atoms with Crippen LogP contribution in [0.1, 0.15) is 54.9 Å². The van der Waals surface area contributed by atoms with E-state index in [1.165, 1.54) is 34.4 Å². The number of thiol groups is 1. The number of fused-ring (bicyclic) bond motifs is 2. The fourth-order valence-electron chi connectivity index (χ4n) is 4.75. The van der Waals surface area contributed by atoms with Gasteiger partial charge in [-0.05, 0) is 66.1 Å². The number of ether oxygens (including phenoxy) is 2. The van der Waals surface area contributed by atoms with Crippen molar-refractivity contribution in [3.63, 3.8) is 0 Å². The summed E-state index contributed by atoms with van der Waals surface area (Å²) in [5.74, 6) is -0.104. The van der Waals surface area contributed by atoms with E-state index in [1.807, 2.05) is 13.8 Å². The van der Waals surface area contributed by atoms with Gasteiger partial charge in [0.05, 0.1) is 11.1 Å². The van der Waals surface area contributed by atoms with Gasteiger partial charge in [0.25, 0.3) is 0 Å². The summed E-state index contributed by atoms with van der Waals surface area (Å²) < 4.78 is 45.0. The largest absolute Gasteiger partial charge is 0.573 e. The van der Waals surface area contributed by atoms with Crippen LogP contribution in [-0.4, -0.2) is 25.1 Å². The molecule has 2 N–H and O–H groups in total. The third-order valence-corrected chi connectivity index (χ3v) is 6.89. The fraction of sp³-hybridized carbons (Fsp3) is 0.379. The van der Waals surface area contributed by atoms with Crippen molar-refractivity contribution in [1.82, 2.24) is 0 Å². The number of halogens is 4. The molecule has 0 spiro atoms. The maximum atomic E-state index is 11.7. The lowest BCUT2D eigenvalue weighted by Gasteiger charge is -2.34. The molecule has 3 aromatic rings. The number of rotatable bonds is 2. The summed E-state index contributed by atoms with van der Waals surface area (Å²) >= 11 is 9.35. The summed E-state index contributed by atoms with van der Waals surface area (Å²) in [7, 11) is 0. The van der Waals surface area contributed by atoms with E-state index in [1.54, 1.807) is 0 Å². The predicted molar refractivity (Wildman–Crippen MR) is 146 cm³/mol. The van der Waals surface area contributed by atoms with E-state index >= 15 is 0 Å². The maximum Gasteiger partial charge on any atom is 0.573 e. The van der Waals surface area contributed by atoms with E-state index in [-0.39, 0.29) is 17.2 Å². The van der Waals surface area contributed by atoms with E-state index < -0.39 is 12.1 Å². The van der Waals surface area contributed by atoms with Crippen LogP contribution in [0.15, 0.2) is 71.6 Å². The Morgan fingerprint density at radius 2 is 1.51 bits per heavy atom. The second-order valence-corrected chi connectivity index (χ2v) is 9.66. The van der Waals surface area contributed by atoms with Crippen molar-refractivity contribution in [1.29, 1.82) is 0 Å². The summed E-state index contributed by atoms with van der Waals surface area (Å²) in [5, 5.41) is -0.121. The van der Waals surface area contributed by atoms with E-state index in [4.69, 9.17) is 22.1 Å². The highest BCUT2D eigenvalue weighted by molar-refractivity contribution is 7.80. The van der Waals surface area contributed by atoms with Gasteiger partial charge < -0.3 is 15.2 Å². The fourth-order valence-corrected chi connectivity index (χ4v) is 5.25. The molecule has 37 heavy (non-hydrogen) atoms. The number of hydrogen-bond donors (Lipinski definition) is 2.